The molecule has 0 fully saturated rings. The standard InChI is InChI=1S/C18H33N5O6/c1-5-10(4)15(18(28)29)23-17(27)12(6-9(2)3)22-14(25)8-21-16(26)11(19)7-13(20)24/h9-12,15H,5-8,19H2,1-4H3,(H2,20,24)(H,21,26)(H,22,25)(H,23,27)(H,28,29). The van der Waals surface area contributed by atoms with Crippen molar-refractivity contribution in [3.05, 3.63) is 0 Å². The van der Waals surface area contributed by atoms with E-state index >= 15 is 0 Å². The van der Waals surface area contributed by atoms with Crippen molar-refractivity contribution in [2.75, 3.05) is 6.54 Å². The molecule has 166 valence electrons. The van der Waals surface area contributed by atoms with Crippen LogP contribution in [0.5, 0.6) is 0 Å². The molecular formula is C18H33N5O6. The lowest BCUT2D eigenvalue weighted by Crippen LogP contribution is -2.55. The van der Waals surface area contributed by atoms with E-state index in [2.05, 4.69) is 16.0 Å². The first-order valence-corrected chi connectivity index (χ1v) is 9.53. The zero-order valence-corrected chi connectivity index (χ0v) is 17.4. The maximum atomic E-state index is 12.6. The number of nitrogens with two attached hydrogens (primary N) is 2. The number of primary amides is 1. The summed E-state index contributed by atoms with van der Waals surface area (Å²) < 4.78 is 0. The summed E-state index contributed by atoms with van der Waals surface area (Å²) in [5.41, 5.74) is 10.4. The number of hydrogen-bond acceptors (Lipinski definition) is 6. The fraction of sp³-hybridized carbons (Fsp3) is 0.722. The Morgan fingerprint density at radius 1 is 1.00 bits per heavy atom. The van der Waals surface area contributed by atoms with E-state index in [1.807, 2.05) is 20.8 Å². The van der Waals surface area contributed by atoms with E-state index in [1.54, 1.807) is 6.92 Å². The van der Waals surface area contributed by atoms with Gasteiger partial charge in [-0.3, -0.25) is 19.2 Å². The molecule has 0 aliphatic rings. The average Bonchev–Trinajstić information content (AvgIpc) is 2.61. The van der Waals surface area contributed by atoms with Crippen molar-refractivity contribution < 1.29 is 29.1 Å². The third-order valence-corrected chi connectivity index (χ3v) is 4.32. The van der Waals surface area contributed by atoms with Crippen molar-refractivity contribution in [2.45, 2.75) is 65.1 Å². The van der Waals surface area contributed by atoms with Crippen molar-refractivity contribution >= 4 is 29.6 Å². The van der Waals surface area contributed by atoms with Crippen LogP contribution in [-0.4, -0.2) is 59.4 Å². The molecule has 0 rings (SSSR count). The van der Waals surface area contributed by atoms with E-state index in [1.165, 1.54) is 0 Å². The highest BCUT2D eigenvalue weighted by Gasteiger charge is 2.30. The number of carbonyl (C=O) groups is 5. The molecule has 0 saturated carbocycles. The lowest BCUT2D eigenvalue weighted by atomic mass is 9.97. The van der Waals surface area contributed by atoms with Gasteiger partial charge in [-0.15, -0.1) is 0 Å². The quantitative estimate of drug-likeness (QED) is 0.209. The Morgan fingerprint density at radius 2 is 1.59 bits per heavy atom. The van der Waals surface area contributed by atoms with Gasteiger partial charge in [-0.05, 0) is 18.3 Å². The van der Waals surface area contributed by atoms with Gasteiger partial charge in [0, 0.05) is 0 Å². The summed E-state index contributed by atoms with van der Waals surface area (Å²) in [5, 5.41) is 16.6. The third kappa shape index (κ3) is 10.4. The maximum absolute atomic E-state index is 12.6. The summed E-state index contributed by atoms with van der Waals surface area (Å²) >= 11 is 0. The third-order valence-electron chi connectivity index (χ3n) is 4.32. The highest BCUT2D eigenvalue weighted by atomic mass is 16.4. The molecule has 0 saturated heterocycles. The SMILES string of the molecule is CCC(C)C(NC(=O)C(CC(C)C)NC(=O)CNC(=O)C(N)CC(N)=O)C(=O)O. The second kappa shape index (κ2) is 12.7. The fourth-order valence-corrected chi connectivity index (χ4v) is 2.49. The van der Waals surface area contributed by atoms with Crippen LogP contribution in [0.1, 0.15) is 47.0 Å². The highest BCUT2D eigenvalue weighted by molar-refractivity contribution is 5.93. The van der Waals surface area contributed by atoms with E-state index in [-0.39, 0.29) is 24.7 Å². The Bertz CT molecular complexity index is 610. The summed E-state index contributed by atoms with van der Waals surface area (Å²) in [6.45, 7) is 6.76. The number of carboxylic acid groups (broad SMARTS) is 1. The summed E-state index contributed by atoms with van der Waals surface area (Å²) in [4.78, 5) is 58.7. The van der Waals surface area contributed by atoms with Gasteiger partial charge in [-0.25, -0.2) is 4.79 Å². The Hall–Kier alpha value is -2.69. The predicted molar refractivity (Wildman–Crippen MR) is 105 cm³/mol. The lowest BCUT2D eigenvalue weighted by Gasteiger charge is -2.25. The Labute approximate surface area is 170 Å². The van der Waals surface area contributed by atoms with E-state index in [9.17, 15) is 29.1 Å². The second-order valence-corrected chi connectivity index (χ2v) is 7.45. The van der Waals surface area contributed by atoms with Gasteiger partial charge in [0.1, 0.15) is 12.1 Å². The van der Waals surface area contributed by atoms with Crippen molar-refractivity contribution in [2.24, 2.45) is 23.3 Å². The van der Waals surface area contributed by atoms with E-state index in [0.29, 0.717) is 6.42 Å². The molecule has 0 aromatic carbocycles. The Kier molecular flexibility index (Phi) is 11.5. The summed E-state index contributed by atoms with van der Waals surface area (Å²) in [5.74, 6) is -4.16. The van der Waals surface area contributed by atoms with Gasteiger partial charge < -0.3 is 32.5 Å². The molecule has 29 heavy (non-hydrogen) atoms. The largest absolute Gasteiger partial charge is 0.480 e. The van der Waals surface area contributed by atoms with Gasteiger partial charge in [0.15, 0.2) is 0 Å². The second-order valence-electron chi connectivity index (χ2n) is 7.45. The van der Waals surface area contributed by atoms with E-state index in [0.717, 1.165) is 0 Å². The molecule has 4 amide bonds. The minimum Gasteiger partial charge on any atom is -0.480 e. The van der Waals surface area contributed by atoms with Crippen LogP contribution in [-0.2, 0) is 24.0 Å². The lowest BCUT2D eigenvalue weighted by molar-refractivity contribution is -0.143. The van der Waals surface area contributed by atoms with E-state index < -0.39 is 54.3 Å². The number of nitrogens with one attached hydrogen (secondary N) is 3. The normalized spacial score (nSPS) is 15.0. The average molecular weight is 415 g/mol. The molecule has 11 nitrogen and oxygen atoms in total. The number of hydrogen-bond donors (Lipinski definition) is 6. The molecular weight excluding hydrogens is 382 g/mol. The van der Waals surface area contributed by atoms with Gasteiger partial charge >= 0.3 is 5.97 Å². The molecule has 4 atom stereocenters. The molecule has 0 bridgehead atoms. The van der Waals surface area contributed by atoms with Crippen molar-refractivity contribution in [1.29, 1.82) is 0 Å². The maximum Gasteiger partial charge on any atom is 0.326 e. The summed E-state index contributed by atoms with van der Waals surface area (Å²) in [6.07, 6.45) is 0.466. The number of amides is 4. The summed E-state index contributed by atoms with van der Waals surface area (Å²) in [7, 11) is 0. The topological polar surface area (TPSA) is 194 Å². The van der Waals surface area contributed by atoms with Crippen LogP contribution in [0.15, 0.2) is 0 Å². The van der Waals surface area contributed by atoms with Crippen LogP contribution in [0.4, 0.5) is 0 Å². The highest BCUT2D eigenvalue weighted by Crippen LogP contribution is 2.10. The van der Waals surface area contributed by atoms with Crippen LogP contribution in [0.25, 0.3) is 0 Å². The van der Waals surface area contributed by atoms with Gasteiger partial charge in [0.25, 0.3) is 0 Å². The number of aliphatic carboxylic acids is 1. The first-order valence-electron chi connectivity index (χ1n) is 9.53. The Balaban J connectivity index is 4.95. The minimum atomic E-state index is -1.18. The fourth-order valence-electron chi connectivity index (χ4n) is 2.49. The monoisotopic (exact) mass is 415 g/mol. The van der Waals surface area contributed by atoms with Gasteiger partial charge in [0.2, 0.25) is 23.6 Å². The minimum absolute atomic E-state index is 0.0384. The predicted octanol–water partition coefficient (Wildman–Crippen LogP) is -1.55. The zero-order chi connectivity index (χ0) is 22.7. The molecule has 0 aliphatic carbocycles. The van der Waals surface area contributed by atoms with E-state index in [4.69, 9.17) is 11.5 Å². The molecule has 0 aliphatic heterocycles. The number of carboxylic acids is 1. The molecule has 0 heterocycles. The smallest absolute Gasteiger partial charge is 0.326 e. The van der Waals surface area contributed by atoms with Gasteiger partial charge in [-0.2, -0.15) is 0 Å². The van der Waals surface area contributed by atoms with Crippen LogP contribution in [0.3, 0.4) is 0 Å². The van der Waals surface area contributed by atoms with Crippen LogP contribution >= 0.6 is 0 Å². The zero-order valence-electron chi connectivity index (χ0n) is 17.4. The van der Waals surface area contributed by atoms with Crippen molar-refractivity contribution in [1.82, 2.24) is 16.0 Å². The van der Waals surface area contributed by atoms with Crippen LogP contribution in [0, 0.1) is 11.8 Å². The molecule has 8 N–H and O–H groups in total. The molecule has 0 spiro atoms. The van der Waals surface area contributed by atoms with Crippen molar-refractivity contribution in [3.63, 3.8) is 0 Å². The van der Waals surface area contributed by atoms with Gasteiger partial charge in [0.05, 0.1) is 19.0 Å². The van der Waals surface area contributed by atoms with Crippen LogP contribution < -0.4 is 27.4 Å². The Morgan fingerprint density at radius 3 is 2.03 bits per heavy atom. The summed E-state index contributed by atoms with van der Waals surface area (Å²) in [6, 6.07) is -3.22. The molecule has 0 radical (unpaired) electrons. The molecule has 11 heteroatoms. The van der Waals surface area contributed by atoms with Crippen LogP contribution in [0.2, 0.25) is 0 Å². The first-order chi connectivity index (χ1) is 13.4. The van der Waals surface area contributed by atoms with Gasteiger partial charge in [-0.1, -0.05) is 34.1 Å². The molecule has 4 unspecified atom stereocenters. The number of rotatable bonds is 13. The molecule has 0 aromatic rings. The van der Waals surface area contributed by atoms with Crippen molar-refractivity contribution in [3.8, 4) is 0 Å². The first kappa shape index (κ1) is 26.3. The molecule has 0 aromatic heterocycles. The number of carbonyl (C=O) groups excluding carboxylic acids is 4.